The normalized spacial score (nSPS) is 10.9. The van der Waals surface area contributed by atoms with Crippen molar-refractivity contribution in [1.82, 2.24) is 0 Å². The lowest BCUT2D eigenvalue weighted by Gasteiger charge is -2.11. The number of nitrogens with one attached hydrogen (secondary N) is 1. The standard InChI is InChI=1S/C18H18BrNO6S/c1-25-14-6-7-16(15(9-14)18(22)26-2)20-17(21)11-27(23,24)10-12-4-3-5-13(19)8-12/h3-9H,10-11H2,1-2H3,(H,20,21). The van der Waals surface area contributed by atoms with Gasteiger partial charge in [0, 0.05) is 4.47 Å². The lowest BCUT2D eigenvalue weighted by Crippen LogP contribution is -2.25. The average Bonchev–Trinajstić information content (AvgIpc) is 2.60. The summed E-state index contributed by atoms with van der Waals surface area (Å²) in [7, 11) is -1.06. The van der Waals surface area contributed by atoms with Crippen molar-refractivity contribution >= 4 is 43.3 Å². The second kappa shape index (κ2) is 9.01. The molecule has 0 unspecified atom stereocenters. The number of benzene rings is 2. The quantitative estimate of drug-likeness (QED) is 0.644. The fourth-order valence-corrected chi connectivity index (χ4v) is 4.06. The van der Waals surface area contributed by atoms with E-state index in [1.807, 2.05) is 0 Å². The molecule has 0 atom stereocenters. The number of methoxy groups -OCH3 is 2. The van der Waals surface area contributed by atoms with Gasteiger partial charge in [0.2, 0.25) is 5.91 Å². The van der Waals surface area contributed by atoms with Crippen LogP contribution in [-0.4, -0.2) is 40.3 Å². The predicted molar refractivity (Wildman–Crippen MR) is 105 cm³/mol. The van der Waals surface area contributed by atoms with E-state index in [1.165, 1.54) is 32.4 Å². The third-order valence-corrected chi connectivity index (χ3v) is 5.50. The number of hydrogen-bond acceptors (Lipinski definition) is 6. The van der Waals surface area contributed by atoms with E-state index in [0.29, 0.717) is 11.3 Å². The first-order chi connectivity index (χ1) is 12.7. The second-order valence-electron chi connectivity index (χ2n) is 5.61. The summed E-state index contributed by atoms with van der Waals surface area (Å²) in [5, 5.41) is 2.45. The van der Waals surface area contributed by atoms with Gasteiger partial charge in [-0.05, 0) is 35.9 Å². The fraction of sp³-hybridized carbons (Fsp3) is 0.222. The van der Waals surface area contributed by atoms with Crippen molar-refractivity contribution in [2.24, 2.45) is 0 Å². The van der Waals surface area contributed by atoms with E-state index in [9.17, 15) is 18.0 Å². The minimum absolute atomic E-state index is 0.0644. The smallest absolute Gasteiger partial charge is 0.340 e. The average molecular weight is 456 g/mol. The molecule has 0 aliphatic carbocycles. The van der Waals surface area contributed by atoms with Crippen LogP contribution in [0.3, 0.4) is 0 Å². The summed E-state index contributed by atoms with van der Waals surface area (Å²) in [6, 6.07) is 11.2. The third-order valence-electron chi connectivity index (χ3n) is 3.53. The number of ether oxygens (including phenoxy) is 2. The van der Waals surface area contributed by atoms with Crippen molar-refractivity contribution < 1.29 is 27.5 Å². The second-order valence-corrected chi connectivity index (χ2v) is 8.59. The maximum Gasteiger partial charge on any atom is 0.340 e. The number of esters is 1. The lowest BCUT2D eigenvalue weighted by atomic mass is 10.1. The molecular weight excluding hydrogens is 438 g/mol. The molecule has 0 bridgehead atoms. The van der Waals surface area contributed by atoms with Gasteiger partial charge >= 0.3 is 5.97 Å². The van der Waals surface area contributed by atoms with Crippen molar-refractivity contribution in [1.29, 1.82) is 0 Å². The summed E-state index contributed by atoms with van der Waals surface area (Å²) in [6.07, 6.45) is 0. The van der Waals surface area contributed by atoms with Crippen molar-refractivity contribution in [2.45, 2.75) is 5.75 Å². The van der Waals surface area contributed by atoms with Gasteiger partial charge in [-0.1, -0.05) is 28.1 Å². The van der Waals surface area contributed by atoms with Crippen LogP contribution in [0.15, 0.2) is 46.9 Å². The fourth-order valence-electron chi connectivity index (χ4n) is 2.36. The summed E-state index contributed by atoms with van der Waals surface area (Å²) >= 11 is 3.28. The zero-order valence-corrected chi connectivity index (χ0v) is 17.1. The van der Waals surface area contributed by atoms with Gasteiger partial charge in [0.1, 0.15) is 11.5 Å². The van der Waals surface area contributed by atoms with Gasteiger partial charge in [-0.15, -0.1) is 0 Å². The van der Waals surface area contributed by atoms with Gasteiger partial charge in [0.15, 0.2) is 9.84 Å². The Morgan fingerprint density at radius 3 is 2.48 bits per heavy atom. The number of halogens is 1. The molecule has 144 valence electrons. The van der Waals surface area contributed by atoms with Crippen LogP contribution in [0.2, 0.25) is 0 Å². The highest BCUT2D eigenvalue weighted by Gasteiger charge is 2.20. The summed E-state index contributed by atoms with van der Waals surface area (Å²) in [6.45, 7) is 0. The predicted octanol–water partition coefficient (Wildman–Crippen LogP) is 2.80. The molecule has 2 aromatic carbocycles. The Morgan fingerprint density at radius 1 is 1.11 bits per heavy atom. The summed E-state index contributed by atoms with van der Waals surface area (Å²) in [5.74, 6) is -2.02. The number of amides is 1. The topological polar surface area (TPSA) is 98.8 Å². The van der Waals surface area contributed by atoms with Crippen molar-refractivity contribution in [3.8, 4) is 5.75 Å². The lowest BCUT2D eigenvalue weighted by molar-refractivity contribution is -0.113. The SMILES string of the molecule is COC(=O)c1cc(OC)ccc1NC(=O)CS(=O)(=O)Cc1cccc(Br)c1. The molecule has 0 saturated carbocycles. The van der Waals surface area contributed by atoms with Crippen LogP contribution >= 0.6 is 15.9 Å². The highest BCUT2D eigenvalue weighted by atomic mass is 79.9. The first kappa shape index (κ1) is 20.9. The molecule has 0 aromatic heterocycles. The zero-order valence-electron chi connectivity index (χ0n) is 14.7. The molecule has 9 heteroatoms. The van der Waals surface area contributed by atoms with Gasteiger partial charge in [0.05, 0.1) is 31.2 Å². The number of hydrogen-bond donors (Lipinski definition) is 1. The number of anilines is 1. The minimum Gasteiger partial charge on any atom is -0.497 e. The van der Waals surface area contributed by atoms with Crippen LogP contribution in [0.5, 0.6) is 5.75 Å². The molecule has 0 aliphatic heterocycles. The Balaban J connectivity index is 2.14. The molecule has 27 heavy (non-hydrogen) atoms. The number of rotatable bonds is 7. The van der Waals surface area contributed by atoms with Crippen LogP contribution in [0.4, 0.5) is 5.69 Å². The molecule has 1 amide bonds. The summed E-state index contributed by atoms with van der Waals surface area (Å²) < 4.78 is 35.1. The summed E-state index contributed by atoms with van der Waals surface area (Å²) in [5.41, 5.74) is 0.775. The van der Waals surface area contributed by atoms with E-state index < -0.39 is 27.5 Å². The summed E-state index contributed by atoms with van der Waals surface area (Å²) in [4.78, 5) is 24.1. The van der Waals surface area contributed by atoms with Crippen LogP contribution in [0.25, 0.3) is 0 Å². The number of sulfone groups is 1. The largest absolute Gasteiger partial charge is 0.497 e. The van der Waals surface area contributed by atoms with Crippen molar-refractivity contribution in [3.05, 3.63) is 58.1 Å². The molecule has 1 N–H and O–H groups in total. The Labute approximate surface area is 165 Å². The van der Waals surface area contributed by atoms with E-state index in [-0.39, 0.29) is 17.0 Å². The first-order valence-electron chi connectivity index (χ1n) is 7.75. The van der Waals surface area contributed by atoms with E-state index >= 15 is 0 Å². The Morgan fingerprint density at radius 2 is 1.85 bits per heavy atom. The Hall–Kier alpha value is -2.39. The maximum absolute atomic E-state index is 12.3. The highest BCUT2D eigenvalue weighted by Crippen LogP contribution is 2.23. The van der Waals surface area contributed by atoms with Crippen LogP contribution < -0.4 is 10.1 Å². The zero-order chi connectivity index (χ0) is 20.0. The number of carbonyl (C=O) groups excluding carboxylic acids is 2. The molecule has 2 rings (SSSR count). The van der Waals surface area contributed by atoms with Gasteiger partial charge < -0.3 is 14.8 Å². The molecule has 0 aliphatic rings. The van der Waals surface area contributed by atoms with Gasteiger partial charge in [-0.2, -0.15) is 0 Å². The third kappa shape index (κ3) is 6.07. The van der Waals surface area contributed by atoms with Crippen LogP contribution in [0.1, 0.15) is 15.9 Å². The monoisotopic (exact) mass is 455 g/mol. The molecule has 7 nitrogen and oxygen atoms in total. The number of carbonyl (C=O) groups is 2. The van der Waals surface area contributed by atoms with Gasteiger partial charge in [-0.25, -0.2) is 13.2 Å². The van der Waals surface area contributed by atoms with Crippen molar-refractivity contribution in [2.75, 3.05) is 25.3 Å². The molecule has 0 spiro atoms. The van der Waals surface area contributed by atoms with E-state index in [2.05, 4.69) is 26.0 Å². The van der Waals surface area contributed by atoms with Gasteiger partial charge in [-0.3, -0.25) is 4.79 Å². The molecule has 0 radical (unpaired) electrons. The minimum atomic E-state index is -3.70. The Bertz CT molecular complexity index is 958. The molecule has 0 heterocycles. The Kier molecular flexibility index (Phi) is 6.98. The van der Waals surface area contributed by atoms with Crippen molar-refractivity contribution in [3.63, 3.8) is 0 Å². The van der Waals surface area contributed by atoms with E-state index in [0.717, 1.165) is 4.47 Å². The maximum atomic E-state index is 12.3. The van der Waals surface area contributed by atoms with Gasteiger partial charge in [0.25, 0.3) is 0 Å². The highest BCUT2D eigenvalue weighted by molar-refractivity contribution is 9.10. The molecule has 0 fully saturated rings. The van der Waals surface area contributed by atoms with E-state index in [4.69, 9.17) is 4.74 Å². The molecule has 0 saturated heterocycles. The first-order valence-corrected chi connectivity index (χ1v) is 10.4. The van der Waals surface area contributed by atoms with Crippen LogP contribution in [0, 0.1) is 0 Å². The van der Waals surface area contributed by atoms with E-state index in [1.54, 1.807) is 24.3 Å². The van der Waals surface area contributed by atoms with Crippen LogP contribution in [-0.2, 0) is 25.1 Å². The molecule has 2 aromatic rings. The molecular formula is C18H18BrNO6S.